The average molecular weight is 211 g/mol. The molecule has 0 atom stereocenters. The first-order valence-corrected chi connectivity index (χ1v) is 5.61. The van der Waals surface area contributed by atoms with Gasteiger partial charge in [-0.25, -0.2) is 9.67 Å². The van der Waals surface area contributed by atoms with Gasteiger partial charge in [-0.1, -0.05) is 13.8 Å². The zero-order chi connectivity index (χ0) is 11.5. The van der Waals surface area contributed by atoms with Crippen molar-refractivity contribution in [3.63, 3.8) is 0 Å². The maximum atomic E-state index is 9.65. The predicted molar refractivity (Wildman–Crippen MR) is 59.7 cm³/mol. The fraction of sp³-hybridized carbons (Fsp3) is 0.818. The molecule has 1 N–H and O–H groups in total. The molecule has 0 bridgehead atoms. The normalized spacial score (nSPS) is 12.1. The van der Waals surface area contributed by atoms with Gasteiger partial charge in [0.25, 0.3) is 0 Å². The van der Waals surface area contributed by atoms with Crippen LogP contribution in [0, 0.1) is 0 Å². The van der Waals surface area contributed by atoms with E-state index in [1.807, 2.05) is 18.5 Å². The van der Waals surface area contributed by atoms with Crippen molar-refractivity contribution in [3.8, 4) is 0 Å². The number of rotatable bonds is 5. The number of aryl methyl sites for hydroxylation is 3. The Balaban J connectivity index is 2.71. The Kier molecular flexibility index (Phi) is 3.85. The van der Waals surface area contributed by atoms with Crippen molar-refractivity contribution in [2.24, 2.45) is 0 Å². The fourth-order valence-corrected chi connectivity index (χ4v) is 1.40. The molecule has 0 aliphatic carbocycles. The summed E-state index contributed by atoms with van der Waals surface area (Å²) in [5.74, 6) is 1.90. The molecule has 1 rings (SSSR count). The standard InChI is InChI=1S/C11H21N3O/c1-5-9-12-10(6-2)14(13-9)8-7-11(3,4)15/h15H,5-8H2,1-4H3. The highest BCUT2D eigenvalue weighted by atomic mass is 16.3. The largest absolute Gasteiger partial charge is 0.390 e. The first kappa shape index (κ1) is 12.2. The van der Waals surface area contributed by atoms with Crippen LogP contribution in [0.25, 0.3) is 0 Å². The molecule has 0 saturated carbocycles. The molecule has 0 aliphatic heterocycles. The highest BCUT2D eigenvalue weighted by molar-refractivity contribution is 4.92. The van der Waals surface area contributed by atoms with Gasteiger partial charge in [-0.05, 0) is 20.3 Å². The second-order valence-corrected chi connectivity index (χ2v) is 4.44. The Morgan fingerprint density at radius 3 is 2.40 bits per heavy atom. The van der Waals surface area contributed by atoms with E-state index in [9.17, 15) is 5.11 Å². The van der Waals surface area contributed by atoms with E-state index in [0.29, 0.717) is 6.42 Å². The summed E-state index contributed by atoms with van der Waals surface area (Å²) in [6.07, 6.45) is 2.45. The minimum Gasteiger partial charge on any atom is -0.390 e. The lowest BCUT2D eigenvalue weighted by atomic mass is 10.1. The molecule has 0 fully saturated rings. The maximum absolute atomic E-state index is 9.65. The second-order valence-electron chi connectivity index (χ2n) is 4.44. The van der Waals surface area contributed by atoms with E-state index >= 15 is 0 Å². The summed E-state index contributed by atoms with van der Waals surface area (Å²) in [6, 6.07) is 0. The monoisotopic (exact) mass is 211 g/mol. The molecule has 0 spiro atoms. The van der Waals surface area contributed by atoms with Crippen LogP contribution >= 0.6 is 0 Å². The van der Waals surface area contributed by atoms with Gasteiger partial charge in [-0.2, -0.15) is 5.10 Å². The highest BCUT2D eigenvalue weighted by Crippen LogP contribution is 2.10. The molecule has 4 nitrogen and oxygen atoms in total. The molecule has 0 unspecified atom stereocenters. The molecule has 86 valence electrons. The van der Waals surface area contributed by atoms with E-state index < -0.39 is 5.60 Å². The van der Waals surface area contributed by atoms with Crippen LogP contribution in [-0.4, -0.2) is 25.5 Å². The van der Waals surface area contributed by atoms with E-state index in [1.54, 1.807) is 0 Å². The Labute approximate surface area is 91.3 Å². The van der Waals surface area contributed by atoms with Crippen LogP contribution < -0.4 is 0 Å². The van der Waals surface area contributed by atoms with Gasteiger partial charge < -0.3 is 5.11 Å². The van der Waals surface area contributed by atoms with Crippen LogP contribution in [0.4, 0.5) is 0 Å². The summed E-state index contributed by atoms with van der Waals surface area (Å²) in [4.78, 5) is 4.42. The zero-order valence-electron chi connectivity index (χ0n) is 10.1. The lowest BCUT2D eigenvalue weighted by Crippen LogP contribution is -2.22. The quantitative estimate of drug-likeness (QED) is 0.804. The number of hydrogen-bond donors (Lipinski definition) is 1. The molecule has 0 aliphatic rings. The summed E-state index contributed by atoms with van der Waals surface area (Å²) < 4.78 is 1.91. The molecular formula is C11H21N3O. The SMILES string of the molecule is CCc1nc(CC)n(CCC(C)(C)O)n1. The van der Waals surface area contributed by atoms with Crippen molar-refractivity contribution in [2.45, 2.75) is 59.1 Å². The molecule has 0 saturated heterocycles. The predicted octanol–water partition coefficient (Wildman–Crippen LogP) is 1.56. The smallest absolute Gasteiger partial charge is 0.150 e. The number of aliphatic hydroxyl groups is 1. The molecule has 0 amide bonds. The molecule has 1 heterocycles. The first-order valence-electron chi connectivity index (χ1n) is 5.61. The number of hydrogen-bond acceptors (Lipinski definition) is 3. The molecule has 1 aromatic heterocycles. The van der Waals surface area contributed by atoms with Crippen molar-refractivity contribution in [1.82, 2.24) is 14.8 Å². The summed E-state index contributed by atoms with van der Waals surface area (Å²) in [5.41, 5.74) is -0.636. The van der Waals surface area contributed by atoms with Gasteiger partial charge in [0, 0.05) is 19.4 Å². The van der Waals surface area contributed by atoms with Gasteiger partial charge in [0.1, 0.15) is 5.82 Å². The van der Waals surface area contributed by atoms with Gasteiger partial charge >= 0.3 is 0 Å². The van der Waals surface area contributed by atoms with Crippen LogP contribution in [0.2, 0.25) is 0 Å². The Bertz CT molecular complexity index is 312. The fourth-order valence-electron chi connectivity index (χ4n) is 1.40. The van der Waals surface area contributed by atoms with E-state index in [1.165, 1.54) is 0 Å². The van der Waals surface area contributed by atoms with Crippen LogP contribution in [0.15, 0.2) is 0 Å². The van der Waals surface area contributed by atoms with Crippen molar-refractivity contribution in [2.75, 3.05) is 0 Å². The minimum absolute atomic E-state index is 0.636. The minimum atomic E-state index is -0.636. The third-order valence-corrected chi connectivity index (χ3v) is 2.36. The summed E-state index contributed by atoms with van der Waals surface area (Å²) in [7, 11) is 0. The molecule has 4 heteroatoms. The van der Waals surface area contributed by atoms with E-state index in [4.69, 9.17) is 0 Å². The van der Waals surface area contributed by atoms with Crippen LogP contribution in [-0.2, 0) is 19.4 Å². The molecule has 0 aromatic carbocycles. The van der Waals surface area contributed by atoms with Crippen LogP contribution in [0.1, 0.15) is 45.8 Å². The summed E-state index contributed by atoms with van der Waals surface area (Å²) in [5, 5.41) is 14.0. The summed E-state index contributed by atoms with van der Waals surface area (Å²) >= 11 is 0. The third kappa shape index (κ3) is 3.63. The van der Waals surface area contributed by atoms with Gasteiger partial charge in [0.15, 0.2) is 5.82 Å². The van der Waals surface area contributed by atoms with E-state index in [-0.39, 0.29) is 0 Å². The molecular weight excluding hydrogens is 190 g/mol. The molecule has 15 heavy (non-hydrogen) atoms. The summed E-state index contributed by atoms with van der Waals surface area (Å²) in [6.45, 7) is 8.49. The highest BCUT2D eigenvalue weighted by Gasteiger charge is 2.14. The lowest BCUT2D eigenvalue weighted by Gasteiger charge is -2.16. The Morgan fingerprint density at radius 1 is 1.27 bits per heavy atom. The number of nitrogens with zero attached hydrogens (tertiary/aromatic N) is 3. The van der Waals surface area contributed by atoms with Crippen molar-refractivity contribution < 1.29 is 5.11 Å². The topological polar surface area (TPSA) is 50.9 Å². The average Bonchev–Trinajstić information content (AvgIpc) is 2.56. The Morgan fingerprint density at radius 2 is 1.93 bits per heavy atom. The van der Waals surface area contributed by atoms with Crippen molar-refractivity contribution in [1.29, 1.82) is 0 Å². The van der Waals surface area contributed by atoms with Crippen molar-refractivity contribution >= 4 is 0 Å². The molecule has 0 radical (unpaired) electrons. The maximum Gasteiger partial charge on any atom is 0.150 e. The second kappa shape index (κ2) is 4.75. The third-order valence-electron chi connectivity index (χ3n) is 2.36. The van der Waals surface area contributed by atoms with Crippen molar-refractivity contribution in [3.05, 3.63) is 11.6 Å². The van der Waals surface area contributed by atoms with Gasteiger partial charge in [-0.3, -0.25) is 0 Å². The zero-order valence-corrected chi connectivity index (χ0v) is 10.1. The first-order chi connectivity index (χ1) is 6.96. The van der Waals surface area contributed by atoms with E-state index in [0.717, 1.165) is 31.0 Å². The Hall–Kier alpha value is -0.900. The lowest BCUT2D eigenvalue weighted by molar-refractivity contribution is 0.0648. The number of aromatic nitrogens is 3. The van der Waals surface area contributed by atoms with Gasteiger partial charge in [0.2, 0.25) is 0 Å². The van der Waals surface area contributed by atoms with Gasteiger partial charge in [0.05, 0.1) is 5.60 Å². The molecule has 1 aromatic rings. The van der Waals surface area contributed by atoms with E-state index in [2.05, 4.69) is 23.9 Å². The van der Waals surface area contributed by atoms with Crippen LogP contribution in [0.3, 0.4) is 0 Å². The van der Waals surface area contributed by atoms with Crippen LogP contribution in [0.5, 0.6) is 0 Å². The van der Waals surface area contributed by atoms with Gasteiger partial charge in [-0.15, -0.1) is 0 Å².